The van der Waals surface area contributed by atoms with Crippen LogP contribution in [0.2, 0.25) is 0 Å². The monoisotopic (exact) mass is 216 g/mol. The molecule has 4 nitrogen and oxygen atoms in total. The van der Waals surface area contributed by atoms with Crippen molar-refractivity contribution in [2.45, 2.75) is 39.0 Å². The molecule has 88 valence electrons. The van der Waals surface area contributed by atoms with E-state index in [9.17, 15) is 4.79 Å². The van der Waals surface area contributed by atoms with Crippen LogP contribution in [0.5, 0.6) is 0 Å². The molecule has 0 saturated heterocycles. The summed E-state index contributed by atoms with van der Waals surface area (Å²) in [5, 5.41) is 17.2. The maximum absolute atomic E-state index is 11.1. The van der Waals surface area contributed by atoms with Gasteiger partial charge in [-0.25, -0.2) is 4.79 Å². The number of carbonyl (C=O) groups is 1. The van der Waals surface area contributed by atoms with Crippen LogP contribution in [0.4, 0.5) is 0 Å². The van der Waals surface area contributed by atoms with Gasteiger partial charge in [0.15, 0.2) is 0 Å². The van der Waals surface area contributed by atoms with E-state index in [1.807, 2.05) is 0 Å². The summed E-state index contributed by atoms with van der Waals surface area (Å²) in [5.41, 5.74) is -0.108. The molecule has 0 aliphatic heterocycles. The smallest absolute Gasteiger partial charge is 0.339 e. The average molecular weight is 216 g/mol. The van der Waals surface area contributed by atoms with Gasteiger partial charge in [0.05, 0.1) is 25.0 Å². The lowest BCUT2D eigenvalue weighted by Crippen LogP contribution is -2.11. The summed E-state index contributed by atoms with van der Waals surface area (Å²) in [5.74, 6) is -0.643. The summed E-state index contributed by atoms with van der Waals surface area (Å²) in [6, 6.07) is 0. The Morgan fingerprint density at radius 1 is 1.27 bits per heavy atom. The van der Waals surface area contributed by atoms with Crippen molar-refractivity contribution in [1.82, 2.24) is 0 Å². The average Bonchev–Trinajstić information content (AvgIpc) is 2.25. The van der Waals surface area contributed by atoms with Gasteiger partial charge in [-0.2, -0.15) is 0 Å². The van der Waals surface area contributed by atoms with Gasteiger partial charge in [0, 0.05) is 0 Å². The fraction of sp³-hybridized carbons (Fsp3) is 0.727. The standard InChI is InChI=1S/C11H20O4/c1-2-3-4-5-6-7-15-11(14)10(8-12)9-13/h8,12-13H,2-7,9H2,1H3. The summed E-state index contributed by atoms with van der Waals surface area (Å²) in [6.07, 6.45) is 5.98. The highest BCUT2D eigenvalue weighted by atomic mass is 16.5. The van der Waals surface area contributed by atoms with E-state index in [0.29, 0.717) is 12.9 Å². The summed E-state index contributed by atoms with van der Waals surface area (Å²) in [7, 11) is 0. The van der Waals surface area contributed by atoms with Crippen molar-refractivity contribution >= 4 is 5.97 Å². The zero-order valence-corrected chi connectivity index (χ0v) is 9.24. The van der Waals surface area contributed by atoms with Gasteiger partial charge in [0.2, 0.25) is 0 Å². The highest BCUT2D eigenvalue weighted by Gasteiger charge is 2.09. The van der Waals surface area contributed by atoms with Crippen molar-refractivity contribution in [3.05, 3.63) is 11.8 Å². The van der Waals surface area contributed by atoms with Crippen LogP contribution >= 0.6 is 0 Å². The Bertz CT molecular complexity index is 199. The fourth-order valence-electron chi connectivity index (χ4n) is 1.12. The molecule has 0 unspecified atom stereocenters. The molecule has 2 N–H and O–H groups in total. The highest BCUT2D eigenvalue weighted by molar-refractivity contribution is 5.88. The molecule has 0 aromatic heterocycles. The molecule has 0 radical (unpaired) electrons. The zero-order chi connectivity index (χ0) is 11.5. The largest absolute Gasteiger partial charge is 0.515 e. The molecular formula is C11H20O4. The third-order valence-corrected chi connectivity index (χ3v) is 2.07. The molecule has 0 bridgehead atoms. The third kappa shape index (κ3) is 6.96. The first-order valence-electron chi connectivity index (χ1n) is 5.37. The van der Waals surface area contributed by atoms with Crippen molar-refractivity contribution in [3.8, 4) is 0 Å². The normalized spacial score (nSPS) is 11.5. The van der Waals surface area contributed by atoms with Crippen molar-refractivity contribution in [3.63, 3.8) is 0 Å². The van der Waals surface area contributed by atoms with E-state index >= 15 is 0 Å². The molecular weight excluding hydrogens is 196 g/mol. The van der Waals surface area contributed by atoms with Crippen LogP contribution in [-0.4, -0.2) is 29.4 Å². The lowest BCUT2D eigenvalue weighted by molar-refractivity contribution is -0.139. The lowest BCUT2D eigenvalue weighted by Gasteiger charge is -2.04. The van der Waals surface area contributed by atoms with Gasteiger partial charge in [-0.15, -0.1) is 0 Å². The minimum absolute atomic E-state index is 0.108. The highest BCUT2D eigenvalue weighted by Crippen LogP contribution is 2.03. The zero-order valence-electron chi connectivity index (χ0n) is 9.24. The second kappa shape index (κ2) is 9.52. The first-order valence-corrected chi connectivity index (χ1v) is 5.37. The molecule has 0 aromatic carbocycles. The topological polar surface area (TPSA) is 66.8 Å². The number of unbranched alkanes of at least 4 members (excludes halogenated alkanes) is 4. The van der Waals surface area contributed by atoms with E-state index in [1.54, 1.807) is 0 Å². The SMILES string of the molecule is CCCCCCCOC(=O)C(=CO)CO. The molecule has 0 amide bonds. The molecule has 0 atom stereocenters. The second-order valence-corrected chi connectivity index (χ2v) is 3.36. The molecule has 0 fully saturated rings. The Balaban J connectivity index is 3.47. The number of esters is 1. The minimum atomic E-state index is -0.643. The van der Waals surface area contributed by atoms with Crippen LogP contribution < -0.4 is 0 Å². The lowest BCUT2D eigenvalue weighted by atomic mass is 10.2. The van der Waals surface area contributed by atoms with Crippen LogP contribution in [0.25, 0.3) is 0 Å². The minimum Gasteiger partial charge on any atom is -0.515 e. The fourth-order valence-corrected chi connectivity index (χ4v) is 1.12. The number of rotatable bonds is 8. The van der Waals surface area contributed by atoms with Gasteiger partial charge >= 0.3 is 5.97 Å². The number of aliphatic hydroxyl groups excluding tert-OH is 2. The van der Waals surface area contributed by atoms with Gasteiger partial charge in [-0.3, -0.25) is 0 Å². The molecule has 0 spiro atoms. The number of ether oxygens (including phenoxy) is 1. The van der Waals surface area contributed by atoms with E-state index < -0.39 is 12.6 Å². The van der Waals surface area contributed by atoms with Crippen LogP contribution in [0.3, 0.4) is 0 Å². The van der Waals surface area contributed by atoms with Gasteiger partial charge in [-0.05, 0) is 6.42 Å². The Kier molecular flexibility index (Phi) is 8.87. The van der Waals surface area contributed by atoms with E-state index in [4.69, 9.17) is 14.9 Å². The number of hydrogen-bond donors (Lipinski definition) is 2. The van der Waals surface area contributed by atoms with Crippen LogP contribution in [0.1, 0.15) is 39.0 Å². The molecule has 0 saturated carbocycles. The summed E-state index contributed by atoms with van der Waals surface area (Å²) in [6.45, 7) is 1.99. The van der Waals surface area contributed by atoms with Gasteiger partial charge in [0.1, 0.15) is 0 Å². The van der Waals surface area contributed by atoms with Crippen molar-refractivity contribution < 1.29 is 19.7 Å². The summed E-state index contributed by atoms with van der Waals surface area (Å²) in [4.78, 5) is 11.1. The van der Waals surface area contributed by atoms with Gasteiger partial charge in [0.25, 0.3) is 0 Å². The molecule has 0 aliphatic rings. The predicted molar refractivity (Wildman–Crippen MR) is 57.5 cm³/mol. The number of aliphatic hydroxyl groups is 2. The third-order valence-electron chi connectivity index (χ3n) is 2.07. The molecule has 4 heteroatoms. The maximum atomic E-state index is 11.1. The Hall–Kier alpha value is -1.03. The van der Waals surface area contributed by atoms with E-state index in [2.05, 4.69) is 6.92 Å². The van der Waals surface area contributed by atoms with Crippen LogP contribution in [0.15, 0.2) is 11.8 Å². The van der Waals surface area contributed by atoms with Crippen molar-refractivity contribution in [2.75, 3.05) is 13.2 Å². The van der Waals surface area contributed by atoms with Crippen molar-refractivity contribution in [1.29, 1.82) is 0 Å². The molecule has 15 heavy (non-hydrogen) atoms. The summed E-state index contributed by atoms with van der Waals surface area (Å²) >= 11 is 0. The Morgan fingerprint density at radius 2 is 1.93 bits per heavy atom. The van der Waals surface area contributed by atoms with E-state index in [-0.39, 0.29) is 5.57 Å². The number of hydrogen-bond acceptors (Lipinski definition) is 4. The summed E-state index contributed by atoms with van der Waals surface area (Å²) < 4.78 is 4.84. The first kappa shape index (κ1) is 14.0. The Labute approximate surface area is 90.6 Å². The van der Waals surface area contributed by atoms with Crippen molar-refractivity contribution in [2.24, 2.45) is 0 Å². The molecule has 0 aromatic rings. The van der Waals surface area contributed by atoms with Gasteiger partial charge in [-0.1, -0.05) is 32.6 Å². The second-order valence-electron chi connectivity index (χ2n) is 3.36. The predicted octanol–water partition coefficient (Wildman–Crippen LogP) is 1.93. The Morgan fingerprint density at radius 3 is 2.47 bits per heavy atom. The molecule has 0 heterocycles. The van der Waals surface area contributed by atoms with E-state index in [1.165, 1.54) is 12.8 Å². The molecule has 0 aliphatic carbocycles. The molecule has 0 rings (SSSR count). The first-order chi connectivity index (χ1) is 7.26. The van der Waals surface area contributed by atoms with E-state index in [0.717, 1.165) is 19.3 Å². The maximum Gasteiger partial charge on any atom is 0.339 e. The van der Waals surface area contributed by atoms with Gasteiger partial charge < -0.3 is 14.9 Å². The number of carbonyl (C=O) groups excluding carboxylic acids is 1. The quantitative estimate of drug-likeness (QED) is 0.281. The van der Waals surface area contributed by atoms with Crippen LogP contribution in [0, 0.1) is 0 Å². The van der Waals surface area contributed by atoms with Crippen LogP contribution in [-0.2, 0) is 9.53 Å².